The van der Waals surface area contributed by atoms with Crippen molar-refractivity contribution in [1.82, 2.24) is 0 Å². The molecular weight excluding hydrogens is 249 g/mol. The highest BCUT2D eigenvalue weighted by atomic mass is 19.4. The van der Waals surface area contributed by atoms with Gasteiger partial charge in [0.2, 0.25) is 0 Å². The predicted octanol–water partition coefficient (Wildman–Crippen LogP) is 2.69. The molecule has 1 amide bonds. The van der Waals surface area contributed by atoms with Crippen molar-refractivity contribution in [3.63, 3.8) is 0 Å². The average molecular weight is 258 g/mol. The molecule has 0 atom stereocenters. The maximum atomic E-state index is 11.9. The van der Waals surface area contributed by atoms with E-state index >= 15 is 0 Å². The van der Waals surface area contributed by atoms with E-state index in [1.165, 1.54) is 19.2 Å². The third-order valence-electron chi connectivity index (χ3n) is 2.02. The maximum absolute atomic E-state index is 11.9. The highest BCUT2D eigenvalue weighted by molar-refractivity contribution is 5.88. The molecule has 1 aromatic rings. The zero-order valence-corrected chi connectivity index (χ0v) is 9.36. The highest BCUT2D eigenvalue weighted by Crippen LogP contribution is 2.20. The number of nitriles is 1. The van der Waals surface area contributed by atoms with E-state index in [0.717, 1.165) is 4.90 Å². The fourth-order valence-electron chi connectivity index (χ4n) is 1.20. The molecule has 0 saturated carbocycles. The Bertz CT molecular complexity index is 480. The van der Waals surface area contributed by atoms with Gasteiger partial charge in [-0.1, -0.05) is 12.1 Å². The van der Waals surface area contributed by atoms with Gasteiger partial charge in [-0.3, -0.25) is 4.90 Å². The Balaban J connectivity index is 2.78. The second kappa shape index (κ2) is 5.40. The monoisotopic (exact) mass is 258 g/mol. The van der Waals surface area contributed by atoms with E-state index in [4.69, 9.17) is 5.26 Å². The first-order valence-electron chi connectivity index (χ1n) is 4.81. The molecule has 0 bridgehead atoms. The molecule has 0 aromatic heterocycles. The van der Waals surface area contributed by atoms with E-state index in [2.05, 4.69) is 4.74 Å². The second-order valence-electron chi connectivity index (χ2n) is 3.36. The van der Waals surface area contributed by atoms with Gasteiger partial charge in [-0.25, -0.2) is 4.79 Å². The highest BCUT2D eigenvalue weighted by Gasteiger charge is 2.30. The van der Waals surface area contributed by atoms with E-state index in [1.54, 1.807) is 12.1 Å². The largest absolute Gasteiger partial charge is 0.440 e. The summed E-state index contributed by atoms with van der Waals surface area (Å²) in [5.74, 6) is 0. The summed E-state index contributed by atoms with van der Waals surface area (Å²) in [6.07, 6.45) is -5.75. The Labute approximate surface area is 101 Å². The van der Waals surface area contributed by atoms with Crippen molar-refractivity contribution < 1.29 is 22.7 Å². The van der Waals surface area contributed by atoms with Crippen LogP contribution in [0.3, 0.4) is 0 Å². The maximum Gasteiger partial charge on any atom is 0.422 e. The van der Waals surface area contributed by atoms with Gasteiger partial charge in [-0.05, 0) is 12.1 Å². The van der Waals surface area contributed by atoms with Crippen LogP contribution in [0.5, 0.6) is 0 Å². The molecule has 0 fully saturated rings. The Morgan fingerprint density at radius 3 is 2.61 bits per heavy atom. The number of ether oxygens (including phenoxy) is 1. The lowest BCUT2D eigenvalue weighted by atomic mass is 10.2. The number of benzene rings is 1. The van der Waals surface area contributed by atoms with E-state index in [0.29, 0.717) is 0 Å². The topological polar surface area (TPSA) is 53.3 Å². The zero-order valence-electron chi connectivity index (χ0n) is 9.36. The van der Waals surface area contributed by atoms with Gasteiger partial charge < -0.3 is 4.74 Å². The molecule has 0 unspecified atom stereocenters. The van der Waals surface area contributed by atoms with Gasteiger partial charge >= 0.3 is 12.3 Å². The number of carbonyl (C=O) groups is 1. The minimum Gasteiger partial charge on any atom is -0.440 e. The molecular formula is C11H9F3N2O2. The number of anilines is 1. The number of hydrogen-bond donors (Lipinski definition) is 0. The van der Waals surface area contributed by atoms with Gasteiger partial charge in [0, 0.05) is 7.05 Å². The molecule has 7 heteroatoms. The van der Waals surface area contributed by atoms with E-state index in [9.17, 15) is 18.0 Å². The minimum absolute atomic E-state index is 0.170. The molecule has 0 N–H and O–H groups in total. The Hall–Kier alpha value is -2.23. The van der Waals surface area contributed by atoms with E-state index < -0.39 is 18.9 Å². The van der Waals surface area contributed by atoms with Crippen LogP contribution in [0.1, 0.15) is 5.56 Å². The van der Waals surface area contributed by atoms with Crippen molar-refractivity contribution in [3.8, 4) is 6.07 Å². The molecule has 1 aromatic carbocycles. The van der Waals surface area contributed by atoms with Crippen molar-refractivity contribution >= 4 is 11.8 Å². The summed E-state index contributed by atoms with van der Waals surface area (Å²) in [5.41, 5.74) is 0.358. The second-order valence-corrected chi connectivity index (χ2v) is 3.36. The number of para-hydroxylation sites is 1. The van der Waals surface area contributed by atoms with Crippen LogP contribution in [-0.4, -0.2) is 25.9 Å². The van der Waals surface area contributed by atoms with Crippen molar-refractivity contribution in [1.29, 1.82) is 5.26 Å². The predicted molar refractivity (Wildman–Crippen MR) is 57.0 cm³/mol. The SMILES string of the molecule is CN(C(=O)OCC(F)(F)F)c1ccccc1C#N. The summed E-state index contributed by atoms with van der Waals surface area (Å²) >= 11 is 0. The van der Waals surface area contributed by atoms with Crippen LogP contribution in [0, 0.1) is 11.3 Å². The number of carbonyl (C=O) groups excluding carboxylic acids is 1. The molecule has 0 aliphatic heterocycles. The van der Waals surface area contributed by atoms with Crippen LogP contribution in [-0.2, 0) is 4.74 Å². The molecule has 96 valence electrons. The minimum atomic E-state index is -4.58. The molecule has 0 radical (unpaired) electrons. The van der Waals surface area contributed by atoms with Gasteiger partial charge in [-0.15, -0.1) is 0 Å². The summed E-state index contributed by atoms with van der Waals surface area (Å²) in [6, 6.07) is 7.86. The molecule has 0 spiro atoms. The number of nitrogens with zero attached hydrogens (tertiary/aromatic N) is 2. The first kappa shape index (κ1) is 13.8. The first-order chi connectivity index (χ1) is 8.35. The van der Waals surface area contributed by atoms with Gasteiger partial charge in [0.05, 0.1) is 11.3 Å². The summed E-state index contributed by atoms with van der Waals surface area (Å²) in [4.78, 5) is 12.2. The van der Waals surface area contributed by atoms with Crippen LogP contribution >= 0.6 is 0 Å². The summed E-state index contributed by atoms with van der Waals surface area (Å²) in [6.45, 7) is -1.66. The average Bonchev–Trinajstić information content (AvgIpc) is 2.34. The molecule has 0 saturated heterocycles. The number of halogens is 3. The molecule has 0 heterocycles. The fraction of sp³-hybridized carbons (Fsp3) is 0.273. The van der Waals surface area contributed by atoms with Gasteiger partial charge in [0.15, 0.2) is 6.61 Å². The standard InChI is InChI=1S/C11H9F3N2O2/c1-16(10(17)18-7-11(12,13)14)9-5-3-2-4-8(9)6-15/h2-5H,7H2,1H3. The van der Waals surface area contributed by atoms with Crippen LogP contribution in [0.25, 0.3) is 0 Å². The number of alkyl halides is 3. The molecule has 0 aliphatic rings. The van der Waals surface area contributed by atoms with E-state index in [-0.39, 0.29) is 11.3 Å². The number of amides is 1. The molecule has 4 nitrogen and oxygen atoms in total. The summed E-state index contributed by atoms with van der Waals surface area (Å²) in [7, 11) is 1.23. The lowest BCUT2D eigenvalue weighted by molar-refractivity contribution is -0.159. The summed E-state index contributed by atoms with van der Waals surface area (Å²) in [5, 5.41) is 8.80. The van der Waals surface area contributed by atoms with E-state index in [1.807, 2.05) is 6.07 Å². The van der Waals surface area contributed by atoms with Crippen molar-refractivity contribution in [2.24, 2.45) is 0 Å². The van der Waals surface area contributed by atoms with Crippen LogP contribution in [0.15, 0.2) is 24.3 Å². The Morgan fingerprint density at radius 1 is 1.44 bits per heavy atom. The Morgan fingerprint density at radius 2 is 2.06 bits per heavy atom. The van der Waals surface area contributed by atoms with Gasteiger partial charge in [0.1, 0.15) is 6.07 Å². The van der Waals surface area contributed by atoms with Crippen molar-refractivity contribution in [2.75, 3.05) is 18.6 Å². The van der Waals surface area contributed by atoms with Crippen molar-refractivity contribution in [2.45, 2.75) is 6.18 Å². The molecule has 1 rings (SSSR count). The smallest absolute Gasteiger partial charge is 0.422 e. The molecule has 18 heavy (non-hydrogen) atoms. The molecule has 0 aliphatic carbocycles. The number of rotatable bonds is 2. The Kier molecular flexibility index (Phi) is 4.15. The number of hydrogen-bond acceptors (Lipinski definition) is 3. The van der Waals surface area contributed by atoms with Crippen LogP contribution < -0.4 is 4.90 Å². The lowest BCUT2D eigenvalue weighted by Crippen LogP contribution is -2.31. The quantitative estimate of drug-likeness (QED) is 0.819. The third kappa shape index (κ3) is 3.66. The normalized spacial score (nSPS) is 10.6. The fourth-order valence-corrected chi connectivity index (χ4v) is 1.20. The van der Waals surface area contributed by atoms with Gasteiger partial charge in [0.25, 0.3) is 0 Å². The lowest BCUT2D eigenvalue weighted by Gasteiger charge is -2.18. The third-order valence-corrected chi connectivity index (χ3v) is 2.02. The summed E-state index contributed by atoms with van der Waals surface area (Å²) < 4.78 is 39.7. The van der Waals surface area contributed by atoms with Crippen molar-refractivity contribution in [3.05, 3.63) is 29.8 Å². The van der Waals surface area contributed by atoms with Crippen LogP contribution in [0.4, 0.5) is 23.7 Å². The van der Waals surface area contributed by atoms with Crippen LogP contribution in [0.2, 0.25) is 0 Å². The zero-order chi connectivity index (χ0) is 13.8. The van der Waals surface area contributed by atoms with Gasteiger partial charge in [-0.2, -0.15) is 18.4 Å². The first-order valence-corrected chi connectivity index (χ1v) is 4.81.